The smallest absolute Gasteiger partial charge is 0.346 e. The molecule has 2 amide bonds. The van der Waals surface area contributed by atoms with Crippen molar-refractivity contribution in [1.82, 2.24) is 4.90 Å². The fourth-order valence-corrected chi connectivity index (χ4v) is 2.44. The molecule has 1 heterocycles. The van der Waals surface area contributed by atoms with E-state index < -0.39 is 6.04 Å². The number of hydrogen-bond acceptors (Lipinski definition) is 2. The number of benzene rings is 2. The van der Waals surface area contributed by atoms with Crippen molar-refractivity contribution in [3.8, 4) is 0 Å². The largest absolute Gasteiger partial charge is 0.385 e. The summed E-state index contributed by atoms with van der Waals surface area (Å²) in [5, 5.41) is 0. The van der Waals surface area contributed by atoms with E-state index in [1.54, 1.807) is 17.0 Å². The van der Waals surface area contributed by atoms with Crippen LogP contribution < -0.4 is 5.73 Å². The van der Waals surface area contributed by atoms with E-state index in [9.17, 15) is 9.18 Å². The lowest BCUT2D eigenvalue weighted by Crippen LogP contribution is -2.32. The van der Waals surface area contributed by atoms with Crippen LogP contribution in [0.1, 0.15) is 17.2 Å². The molecule has 2 N–H and O–H groups in total. The van der Waals surface area contributed by atoms with Gasteiger partial charge in [-0.3, -0.25) is 0 Å². The van der Waals surface area contributed by atoms with E-state index >= 15 is 0 Å². The van der Waals surface area contributed by atoms with Crippen LogP contribution >= 0.6 is 0 Å². The third-order valence-corrected chi connectivity index (χ3v) is 3.44. The third-order valence-electron chi connectivity index (χ3n) is 3.44. The third kappa shape index (κ3) is 2.63. The molecule has 5 heteroatoms. The number of halogens is 1. The van der Waals surface area contributed by atoms with Gasteiger partial charge in [0.2, 0.25) is 0 Å². The minimum Gasteiger partial charge on any atom is -0.385 e. The van der Waals surface area contributed by atoms with E-state index in [1.807, 2.05) is 30.3 Å². The van der Waals surface area contributed by atoms with Crippen molar-refractivity contribution in [3.05, 3.63) is 71.5 Å². The number of rotatable bonds is 3. The average Bonchev–Trinajstić information content (AvgIpc) is 2.76. The molecule has 2 aromatic rings. The topological polar surface area (TPSA) is 58.7 Å². The Labute approximate surface area is 121 Å². The lowest BCUT2D eigenvalue weighted by atomic mass is 10.0. The fraction of sp³-hybridized carbons (Fsp3) is 0.125. The van der Waals surface area contributed by atoms with Crippen molar-refractivity contribution in [2.24, 2.45) is 10.7 Å². The Bertz CT molecular complexity index is 682. The second-order valence-electron chi connectivity index (χ2n) is 4.89. The summed E-state index contributed by atoms with van der Waals surface area (Å²) in [6.45, 7) is 0.409. The molecule has 1 aliphatic rings. The number of amidine groups is 1. The summed E-state index contributed by atoms with van der Waals surface area (Å²) in [4.78, 5) is 17.4. The van der Waals surface area contributed by atoms with Gasteiger partial charge in [0.15, 0.2) is 0 Å². The van der Waals surface area contributed by atoms with Crippen molar-refractivity contribution in [2.45, 2.75) is 12.6 Å². The number of nitrogens with two attached hydrogens (primary N) is 1. The Hall–Kier alpha value is -2.69. The first-order chi connectivity index (χ1) is 10.1. The van der Waals surface area contributed by atoms with Crippen molar-refractivity contribution >= 4 is 11.9 Å². The van der Waals surface area contributed by atoms with Crippen molar-refractivity contribution in [2.75, 3.05) is 0 Å². The van der Waals surface area contributed by atoms with Gasteiger partial charge in [0, 0.05) is 6.54 Å². The Morgan fingerprint density at radius 1 is 1.10 bits per heavy atom. The summed E-state index contributed by atoms with van der Waals surface area (Å²) in [6.07, 6.45) is 0. The van der Waals surface area contributed by atoms with Gasteiger partial charge in [0.05, 0.1) is 0 Å². The zero-order chi connectivity index (χ0) is 14.8. The molecule has 1 aliphatic heterocycles. The van der Waals surface area contributed by atoms with Crippen molar-refractivity contribution in [3.63, 3.8) is 0 Å². The molecule has 0 spiro atoms. The number of amides is 2. The van der Waals surface area contributed by atoms with Crippen LogP contribution in [0.5, 0.6) is 0 Å². The van der Waals surface area contributed by atoms with Crippen LogP contribution in [-0.2, 0) is 6.54 Å². The van der Waals surface area contributed by atoms with Crippen molar-refractivity contribution in [1.29, 1.82) is 0 Å². The maximum absolute atomic E-state index is 13.0. The Balaban J connectivity index is 1.91. The van der Waals surface area contributed by atoms with Crippen LogP contribution in [0.2, 0.25) is 0 Å². The number of carbonyl (C=O) groups excluding carboxylic acids is 1. The summed E-state index contributed by atoms with van der Waals surface area (Å²) < 4.78 is 13.0. The molecule has 0 aromatic heterocycles. The van der Waals surface area contributed by atoms with E-state index in [0.29, 0.717) is 6.54 Å². The van der Waals surface area contributed by atoms with E-state index in [0.717, 1.165) is 11.1 Å². The van der Waals surface area contributed by atoms with Crippen LogP contribution in [0, 0.1) is 5.82 Å². The van der Waals surface area contributed by atoms with Crippen LogP contribution in [0.3, 0.4) is 0 Å². The highest BCUT2D eigenvalue weighted by Gasteiger charge is 2.34. The average molecular weight is 283 g/mol. The van der Waals surface area contributed by atoms with Gasteiger partial charge in [0.25, 0.3) is 0 Å². The van der Waals surface area contributed by atoms with Gasteiger partial charge in [-0.05, 0) is 23.3 Å². The van der Waals surface area contributed by atoms with E-state index in [2.05, 4.69) is 4.99 Å². The van der Waals surface area contributed by atoms with Gasteiger partial charge in [-0.15, -0.1) is 0 Å². The van der Waals surface area contributed by atoms with Crippen LogP contribution in [0.25, 0.3) is 0 Å². The van der Waals surface area contributed by atoms with Crippen LogP contribution in [0.15, 0.2) is 59.6 Å². The van der Waals surface area contributed by atoms with Crippen LogP contribution in [0.4, 0.5) is 9.18 Å². The maximum Gasteiger partial charge on any atom is 0.346 e. The zero-order valence-electron chi connectivity index (χ0n) is 11.2. The molecule has 1 unspecified atom stereocenters. The quantitative estimate of drug-likeness (QED) is 0.941. The molecule has 0 fully saturated rings. The van der Waals surface area contributed by atoms with Crippen molar-refractivity contribution < 1.29 is 9.18 Å². The van der Waals surface area contributed by atoms with Gasteiger partial charge in [-0.2, -0.15) is 4.99 Å². The molecule has 2 aromatic carbocycles. The van der Waals surface area contributed by atoms with E-state index in [-0.39, 0.29) is 17.7 Å². The first kappa shape index (κ1) is 13.3. The predicted molar refractivity (Wildman–Crippen MR) is 78.1 cm³/mol. The van der Waals surface area contributed by atoms with Gasteiger partial charge >= 0.3 is 6.03 Å². The van der Waals surface area contributed by atoms with Gasteiger partial charge in [0.1, 0.15) is 17.7 Å². The fourth-order valence-electron chi connectivity index (χ4n) is 2.44. The summed E-state index contributed by atoms with van der Waals surface area (Å²) in [7, 11) is 0. The standard InChI is InChI=1S/C16H14FN3O/c17-13-8-6-12(7-9-13)14-15(18)19-16(21)20(14)10-11-4-2-1-3-5-11/h1-9,14H,10H2,(H2,18,19,21). The van der Waals surface area contributed by atoms with E-state index in [4.69, 9.17) is 5.73 Å². The predicted octanol–water partition coefficient (Wildman–Crippen LogP) is 2.86. The lowest BCUT2D eigenvalue weighted by Gasteiger charge is -2.24. The molecular weight excluding hydrogens is 269 g/mol. The number of aliphatic imine (C=N–C) groups is 1. The summed E-state index contributed by atoms with van der Waals surface area (Å²) in [6, 6.07) is 14.7. The first-order valence-electron chi connectivity index (χ1n) is 6.59. The lowest BCUT2D eigenvalue weighted by molar-refractivity contribution is 0.204. The molecule has 4 nitrogen and oxygen atoms in total. The molecule has 3 rings (SSSR count). The molecule has 106 valence electrons. The normalized spacial score (nSPS) is 18.0. The monoisotopic (exact) mass is 283 g/mol. The molecule has 0 saturated heterocycles. The molecule has 0 radical (unpaired) electrons. The second kappa shape index (κ2) is 5.36. The van der Waals surface area contributed by atoms with Gasteiger partial charge in [-0.1, -0.05) is 42.5 Å². The highest BCUT2D eigenvalue weighted by atomic mass is 19.1. The first-order valence-corrected chi connectivity index (χ1v) is 6.59. The molecule has 0 aliphatic carbocycles. The minimum atomic E-state index is -0.446. The Kier molecular flexibility index (Phi) is 3.39. The molecule has 21 heavy (non-hydrogen) atoms. The highest BCUT2D eigenvalue weighted by molar-refractivity contribution is 6.03. The van der Waals surface area contributed by atoms with Gasteiger partial charge in [-0.25, -0.2) is 9.18 Å². The van der Waals surface area contributed by atoms with Gasteiger partial charge < -0.3 is 10.6 Å². The number of urea groups is 1. The summed E-state index contributed by atoms with van der Waals surface area (Å²) in [5.74, 6) is -0.0873. The summed E-state index contributed by atoms with van der Waals surface area (Å²) >= 11 is 0. The van der Waals surface area contributed by atoms with E-state index in [1.165, 1.54) is 12.1 Å². The SMILES string of the molecule is NC1=NC(=O)N(Cc2ccccc2)C1c1ccc(F)cc1. The summed E-state index contributed by atoms with van der Waals surface area (Å²) in [5.41, 5.74) is 7.62. The minimum absolute atomic E-state index is 0.238. The Morgan fingerprint density at radius 2 is 1.76 bits per heavy atom. The van der Waals surface area contributed by atoms with Crippen LogP contribution in [-0.4, -0.2) is 16.8 Å². The molecule has 0 saturated carbocycles. The second-order valence-corrected chi connectivity index (χ2v) is 4.89. The molecule has 0 bridgehead atoms. The molecular formula is C16H14FN3O. The number of nitrogens with zero attached hydrogens (tertiary/aromatic N) is 2. The molecule has 1 atom stereocenters. The number of carbonyl (C=O) groups is 1. The maximum atomic E-state index is 13.0. The number of hydrogen-bond donors (Lipinski definition) is 1. The highest BCUT2D eigenvalue weighted by Crippen LogP contribution is 2.28. The zero-order valence-corrected chi connectivity index (χ0v) is 11.2. The Morgan fingerprint density at radius 3 is 2.43 bits per heavy atom.